The van der Waals surface area contributed by atoms with Gasteiger partial charge in [-0.25, -0.2) is 9.18 Å². The molecule has 7 nitrogen and oxygen atoms in total. The summed E-state index contributed by atoms with van der Waals surface area (Å²) < 4.78 is 14.1. The van der Waals surface area contributed by atoms with E-state index in [2.05, 4.69) is 5.32 Å². The Morgan fingerprint density at radius 2 is 1.92 bits per heavy atom. The molecule has 4 N–H and O–H groups in total. The van der Waals surface area contributed by atoms with Crippen LogP contribution in [0.25, 0.3) is 17.2 Å². The fraction of sp³-hybridized carbons (Fsp3) is 0.120. The van der Waals surface area contributed by atoms with Gasteiger partial charge < -0.3 is 16.2 Å². The summed E-state index contributed by atoms with van der Waals surface area (Å²) in [4.78, 5) is 38.8. The number of halogens is 1. The molecule has 4 rings (SSSR count). The minimum atomic E-state index is -1.05. The van der Waals surface area contributed by atoms with Crippen LogP contribution in [0.5, 0.6) is 0 Å². The molecule has 0 bridgehead atoms. The number of nitrogens with zero attached hydrogens (tertiary/aromatic N) is 1. The zero-order valence-electron chi connectivity index (χ0n) is 18.7. The maximum atomic E-state index is 13.8. The van der Waals surface area contributed by atoms with Crippen molar-refractivity contribution in [3.63, 3.8) is 0 Å². The van der Waals surface area contributed by atoms with Crippen molar-refractivity contribution in [3.8, 4) is 11.1 Å². The zero-order chi connectivity index (χ0) is 25.8. The molecule has 0 atom stereocenters. The lowest BCUT2D eigenvalue weighted by Crippen LogP contribution is -2.31. The number of amides is 2. The second kappa shape index (κ2) is 11.1. The van der Waals surface area contributed by atoms with Crippen LogP contribution in [0, 0.1) is 5.82 Å². The number of nitrogens with two attached hydrogens (primary N) is 1. The number of carboxylic acid groups (broad SMARTS) is 1. The van der Waals surface area contributed by atoms with Crippen LogP contribution in [0.4, 0.5) is 10.1 Å². The molecule has 3 aromatic rings. The van der Waals surface area contributed by atoms with Gasteiger partial charge >= 0.3 is 5.97 Å². The van der Waals surface area contributed by atoms with Crippen molar-refractivity contribution in [2.45, 2.75) is 13.0 Å². The number of thiocarbonyl (C=S) groups is 1. The third-order valence-electron chi connectivity index (χ3n) is 5.35. The number of rotatable bonds is 8. The third kappa shape index (κ3) is 5.88. The maximum absolute atomic E-state index is 13.8. The number of hydrogen-bond acceptors (Lipinski definition) is 7. The summed E-state index contributed by atoms with van der Waals surface area (Å²) in [6.45, 7) is 0.389. The molecular weight excluding hydrogens is 521 g/mol. The van der Waals surface area contributed by atoms with Gasteiger partial charge in [-0.15, -0.1) is 11.3 Å². The molecular formula is C25H20FN3O4S3. The lowest BCUT2D eigenvalue weighted by molar-refractivity contribution is -0.122. The number of anilines is 1. The van der Waals surface area contributed by atoms with E-state index in [1.165, 1.54) is 52.6 Å². The van der Waals surface area contributed by atoms with Crippen LogP contribution in [-0.2, 0) is 16.1 Å². The van der Waals surface area contributed by atoms with E-state index in [1.54, 1.807) is 12.1 Å². The first-order valence-corrected chi connectivity index (χ1v) is 12.8. The van der Waals surface area contributed by atoms with Gasteiger partial charge in [0, 0.05) is 30.1 Å². The second-order valence-electron chi connectivity index (χ2n) is 7.76. The van der Waals surface area contributed by atoms with E-state index >= 15 is 0 Å². The predicted octanol–water partition coefficient (Wildman–Crippen LogP) is 4.94. The van der Waals surface area contributed by atoms with Crippen LogP contribution in [0.3, 0.4) is 0 Å². The Bertz CT molecular complexity index is 1390. The van der Waals surface area contributed by atoms with E-state index in [0.717, 1.165) is 27.8 Å². The lowest BCUT2D eigenvalue weighted by Gasteiger charge is -2.14. The van der Waals surface area contributed by atoms with Crippen LogP contribution < -0.4 is 11.1 Å². The Balaban J connectivity index is 1.39. The quantitative estimate of drug-likeness (QED) is 0.273. The van der Waals surface area contributed by atoms with Gasteiger partial charge in [-0.1, -0.05) is 30.0 Å². The maximum Gasteiger partial charge on any atom is 0.335 e. The van der Waals surface area contributed by atoms with Crippen molar-refractivity contribution in [3.05, 3.63) is 80.6 Å². The Hall–Kier alpha value is -3.38. The molecule has 2 amide bonds. The first-order chi connectivity index (χ1) is 17.2. The average Bonchev–Trinajstić information content (AvgIpc) is 3.42. The first-order valence-electron chi connectivity index (χ1n) is 10.7. The summed E-state index contributed by atoms with van der Waals surface area (Å²) >= 11 is 7.92. The second-order valence-corrected chi connectivity index (χ2v) is 10.4. The van der Waals surface area contributed by atoms with Gasteiger partial charge in [0.05, 0.1) is 10.5 Å². The van der Waals surface area contributed by atoms with E-state index in [0.29, 0.717) is 20.5 Å². The Kier molecular flexibility index (Phi) is 7.94. The van der Waals surface area contributed by atoms with Crippen molar-refractivity contribution >= 4 is 69.2 Å². The van der Waals surface area contributed by atoms with E-state index < -0.39 is 5.97 Å². The van der Waals surface area contributed by atoms with Crippen molar-refractivity contribution in [2.75, 3.05) is 11.9 Å². The molecule has 0 aliphatic carbocycles. The SMILES string of the molecule is NCc1ccc(F)cc1-c1csc(/C=C2\SC(=S)N(CCC(=O)Nc3ccc(C(=O)O)cc3)C2=O)c1. The fourth-order valence-electron chi connectivity index (χ4n) is 3.52. The summed E-state index contributed by atoms with van der Waals surface area (Å²) in [6, 6.07) is 12.1. The third-order valence-corrected chi connectivity index (χ3v) is 7.61. The molecule has 184 valence electrons. The van der Waals surface area contributed by atoms with Crippen LogP contribution in [-0.4, -0.2) is 38.7 Å². The highest BCUT2D eigenvalue weighted by molar-refractivity contribution is 8.26. The van der Waals surface area contributed by atoms with Gasteiger partial charge in [0.15, 0.2) is 0 Å². The molecule has 0 unspecified atom stereocenters. The minimum absolute atomic E-state index is 0.0188. The molecule has 1 aromatic heterocycles. The number of aromatic carboxylic acids is 1. The van der Waals surface area contributed by atoms with Gasteiger partial charge in [0.2, 0.25) is 5.91 Å². The number of thioether (sulfide) groups is 1. The Morgan fingerprint density at radius 1 is 1.17 bits per heavy atom. The van der Waals surface area contributed by atoms with E-state index in [-0.39, 0.29) is 42.7 Å². The minimum Gasteiger partial charge on any atom is -0.478 e. The van der Waals surface area contributed by atoms with E-state index in [4.69, 9.17) is 23.1 Å². The van der Waals surface area contributed by atoms with Crippen LogP contribution in [0.1, 0.15) is 27.2 Å². The Labute approximate surface area is 219 Å². The van der Waals surface area contributed by atoms with Gasteiger partial charge in [0.25, 0.3) is 5.91 Å². The van der Waals surface area contributed by atoms with Gasteiger partial charge in [-0.2, -0.15) is 0 Å². The van der Waals surface area contributed by atoms with Crippen LogP contribution in [0.2, 0.25) is 0 Å². The summed E-state index contributed by atoms with van der Waals surface area (Å²) in [5.74, 6) is -2.02. The number of carbonyl (C=O) groups is 3. The molecule has 0 radical (unpaired) electrons. The van der Waals surface area contributed by atoms with Gasteiger partial charge in [-0.05, 0) is 70.6 Å². The van der Waals surface area contributed by atoms with Gasteiger partial charge in [0.1, 0.15) is 10.1 Å². The average molecular weight is 542 g/mol. The zero-order valence-corrected chi connectivity index (χ0v) is 21.1. The highest BCUT2D eigenvalue weighted by atomic mass is 32.2. The predicted molar refractivity (Wildman–Crippen MR) is 144 cm³/mol. The first kappa shape index (κ1) is 25.7. The van der Waals surface area contributed by atoms with Crippen molar-refractivity contribution in [1.29, 1.82) is 0 Å². The molecule has 0 spiro atoms. The normalized spacial score (nSPS) is 14.5. The molecule has 36 heavy (non-hydrogen) atoms. The van der Waals surface area contributed by atoms with Crippen molar-refractivity contribution in [1.82, 2.24) is 4.90 Å². The highest BCUT2D eigenvalue weighted by Crippen LogP contribution is 2.35. The van der Waals surface area contributed by atoms with Crippen LogP contribution in [0.15, 0.2) is 58.8 Å². The van der Waals surface area contributed by atoms with Gasteiger partial charge in [-0.3, -0.25) is 14.5 Å². The lowest BCUT2D eigenvalue weighted by atomic mass is 10.0. The largest absolute Gasteiger partial charge is 0.478 e. The van der Waals surface area contributed by atoms with E-state index in [9.17, 15) is 18.8 Å². The number of benzene rings is 2. The number of hydrogen-bond donors (Lipinski definition) is 3. The molecule has 0 saturated carbocycles. The smallest absolute Gasteiger partial charge is 0.335 e. The molecule has 1 aliphatic rings. The molecule has 11 heteroatoms. The molecule has 1 saturated heterocycles. The summed E-state index contributed by atoms with van der Waals surface area (Å²) in [5, 5.41) is 13.5. The van der Waals surface area contributed by atoms with Crippen molar-refractivity contribution < 1.29 is 23.9 Å². The number of nitrogens with one attached hydrogen (secondary N) is 1. The summed E-state index contributed by atoms with van der Waals surface area (Å²) in [6.07, 6.45) is 1.75. The standard InChI is InChI=1S/C25H20FN3O4S3/c26-17-4-1-15(12-27)20(10-17)16-9-19(35-13-16)11-21-23(31)29(25(34)36-21)8-7-22(30)28-18-5-2-14(3-6-18)24(32)33/h1-6,9-11,13H,7-8,12,27H2,(H,28,30)(H,32,33)/b21-11-. The monoisotopic (exact) mass is 541 g/mol. The van der Waals surface area contributed by atoms with Crippen molar-refractivity contribution in [2.24, 2.45) is 5.73 Å². The molecule has 1 aliphatic heterocycles. The number of thiophene rings is 1. The number of carboxylic acids is 1. The highest BCUT2D eigenvalue weighted by Gasteiger charge is 2.32. The van der Waals surface area contributed by atoms with Crippen LogP contribution >= 0.6 is 35.3 Å². The summed E-state index contributed by atoms with van der Waals surface area (Å²) in [5.41, 5.74) is 8.71. The molecule has 2 aromatic carbocycles. The summed E-state index contributed by atoms with van der Waals surface area (Å²) in [7, 11) is 0. The number of carbonyl (C=O) groups excluding carboxylic acids is 2. The molecule has 2 heterocycles. The topological polar surface area (TPSA) is 113 Å². The van der Waals surface area contributed by atoms with E-state index in [1.807, 2.05) is 11.4 Å². The fourth-order valence-corrected chi connectivity index (χ4v) is 5.73. The Morgan fingerprint density at radius 3 is 2.61 bits per heavy atom. The molecule has 1 fully saturated rings.